The standard InChI is InChI=1S/C18H18N2O/c21-18(20-12-10-13-5-1-4-8-17(13)20)15-9-11-19-16-7-3-2-6-14(15)16/h1-8,15,19H,9-12H2. The maximum absolute atomic E-state index is 13.0. The first kappa shape index (κ1) is 12.5. The number of amides is 1. The second-order valence-electron chi connectivity index (χ2n) is 5.72. The fourth-order valence-corrected chi connectivity index (χ4v) is 3.48. The SMILES string of the molecule is O=C(C1CCNc2ccccc21)N1CCc2ccccc21. The molecule has 2 aliphatic heterocycles. The van der Waals surface area contributed by atoms with Crippen molar-refractivity contribution < 1.29 is 4.79 Å². The second kappa shape index (κ2) is 4.92. The van der Waals surface area contributed by atoms with E-state index >= 15 is 0 Å². The molecule has 0 fully saturated rings. The fourth-order valence-electron chi connectivity index (χ4n) is 3.48. The van der Waals surface area contributed by atoms with Crippen LogP contribution in [0.2, 0.25) is 0 Å². The van der Waals surface area contributed by atoms with Gasteiger partial charge in [-0.1, -0.05) is 36.4 Å². The number of hydrogen-bond acceptors (Lipinski definition) is 2. The lowest BCUT2D eigenvalue weighted by molar-refractivity contribution is -0.120. The summed E-state index contributed by atoms with van der Waals surface area (Å²) < 4.78 is 0. The van der Waals surface area contributed by atoms with E-state index in [9.17, 15) is 4.79 Å². The Hall–Kier alpha value is -2.29. The van der Waals surface area contributed by atoms with Gasteiger partial charge in [0.2, 0.25) is 5.91 Å². The third-order valence-electron chi connectivity index (χ3n) is 4.54. The Balaban J connectivity index is 1.68. The average Bonchev–Trinajstić information content (AvgIpc) is 2.98. The Kier molecular flexibility index (Phi) is 2.92. The van der Waals surface area contributed by atoms with Crippen molar-refractivity contribution in [2.45, 2.75) is 18.8 Å². The van der Waals surface area contributed by atoms with Crippen LogP contribution >= 0.6 is 0 Å². The number of carbonyl (C=O) groups excluding carboxylic acids is 1. The summed E-state index contributed by atoms with van der Waals surface area (Å²) in [6, 6.07) is 16.4. The van der Waals surface area contributed by atoms with Gasteiger partial charge in [0, 0.05) is 24.5 Å². The highest BCUT2D eigenvalue weighted by Crippen LogP contribution is 2.36. The molecule has 106 valence electrons. The minimum absolute atomic E-state index is 0.0198. The number of carbonyl (C=O) groups is 1. The van der Waals surface area contributed by atoms with E-state index in [1.165, 1.54) is 5.56 Å². The molecule has 1 amide bonds. The lowest BCUT2D eigenvalue weighted by Crippen LogP contribution is -2.36. The van der Waals surface area contributed by atoms with E-state index in [4.69, 9.17) is 0 Å². The van der Waals surface area contributed by atoms with Gasteiger partial charge in [-0.3, -0.25) is 4.79 Å². The Bertz CT molecular complexity index is 695. The summed E-state index contributed by atoms with van der Waals surface area (Å²) in [5.74, 6) is 0.225. The van der Waals surface area contributed by atoms with Crippen LogP contribution in [-0.2, 0) is 11.2 Å². The maximum Gasteiger partial charge on any atom is 0.234 e. The fraction of sp³-hybridized carbons (Fsp3) is 0.278. The first-order valence-electron chi connectivity index (χ1n) is 7.56. The first-order valence-corrected chi connectivity index (χ1v) is 7.56. The summed E-state index contributed by atoms with van der Waals surface area (Å²) >= 11 is 0. The van der Waals surface area contributed by atoms with Crippen molar-refractivity contribution in [3.05, 3.63) is 59.7 Å². The molecule has 2 aromatic rings. The largest absolute Gasteiger partial charge is 0.385 e. The average molecular weight is 278 g/mol. The van der Waals surface area contributed by atoms with Crippen LogP contribution in [-0.4, -0.2) is 19.0 Å². The molecule has 2 heterocycles. The van der Waals surface area contributed by atoms with Crippen LogP contribution in [0.15, 0.2) is 48.5 Å². The molecule has 2 aliphatic rings. The molecule has 1 atom stereocenters. The number of fused-ring (bicyclic) bond motifs is 2. The minimum Gasteiger partial charge on any atom is -0.385 e. The molecule has 0 saturated heterocycles. The topological polar surface area (TPSA) is 32.3 Å². The summed E-state index contributed by atoms with van der Waals surface area (Å²) in [6.07, 6.45) is 1.84. The maximum atomic E-state index is 13.0. The monoisotopic (exact) mass is 278 g/mol. The van der Waals surface area contributed by atoms with E-state index in [0.717, 1.165) is 42.9 Å². The predicted molar refractivity (Wildman–Crippen MR) is 84.8 cm³/mol. The number of nitrogens with zero attached hydrogens (tertiary/aromatic N) is 1. The predicted octanol–water partition coefficient (Wildman–Crippen LogP) is 3.18. The zero-order valence-corrected chi connectivity index (χ0v) is 11.9. The molecule has 0 saturated carbocycles. The zero-order valence-electron chi connectivity index (χ0n) is 11.9. The summed E-state index contributed by atoms with van der Waals surface area (Å²) in [4.78, 5) is 15.0. The van der Waals surface area contributed by atoms with Crippen molar-refractivity contribution in [2.24, 2.45) is 0 Å². The van der Waals surface area contributed by atoms with Crippen LogP contribution in [0.3, 0.4) is 0 Å². The molecule has 0 bridgehead atoms. The minimum atomic E-state index is -0.0198. The molecule has 1 unspecified atom stereocenters. The molecule has 0 spiro atoms. The van der Waals surface area contributed by atoms with Crippen LogP contribution in [0, 0.1) is 0 Å². The summed E-state index contributed by atoms with van der Waals surface area (Å²) in [7, 11) is 0. The Morgan fingerprint density at radius 1 is 1.10 bits per heavy atom. The van der Waals surface area contributed by atoms with Gasteiger partial charge >= 0.3 is 0 Å². The van der Waals surface area contributed by atoms with E-state index < -0.39 is 0 Å². The van der Waals surface area contributed by atoms with Gasteiger partial charge in [0.1, 0.15) is 0 Å². The van der Waals surface area contributed by atoms with Crippen molar-refractivity contribution >= 4 is 17.3 Å². The summed E-state index contributed by atoms with van der Waals surface area (Å²) in [6.45, 7) is 1.67. The molecule has 4 rings (SSSR count). The van der Waals surface area contributed by atoms with Crippen molar-refractivity contribution in [2.75, 3.05) is 23.3 Å². The van der Waals surface area contributed by atoms with E-state index in [1.54, 1.807) is 0 Å². The van der Waals surface area contributed by atoms with Gasteiger partial charge in [-0.05, 0) is 36.1 Å². The lowest BCUT2D eigenvalue weighted by atomic mass is 9.90. The molecule has 0 radical (unpaired) electrons. The zero-order chi connectivity index (χ0) is 14.2. The lowest BCUT2D eigenvalue weighted by Gasteiger charge is -2.29. The van der Waals surface area contributed by atoms with Crippen LogP contribution in [0.25, 0.3) is 0 Å². The Morgan fingerprint density at radius 2 is 1.90 bits per heavy atom. The van der Waals surface area contributed by atoms with Gasteiger partial charge in [0.25, 0.3) is 0 Å². The molecule has 1 N–H and O–H groups in total. The number of benzene rings is 2. The van der Waals surface area contributed by atoms with Crippen LogP contribution < -0.4 is 10.2 Å². The molecule has 21 heavy (non-hydrogen) atoms. The van der Waals surface area contributed by atoms with Gasteiger partial charge in [0.15, 0.2) is 0 Å². The highest BCUT2D eigenvalue weighted by molar-refractivity contribution is 6.00. The molecule has 3 nitrogen and oxygen atoms in total. The van der Waals surface area contributed by atoms with E-state index in [-0.39, 0.29) is 11.8 Å². The summed E-state index contributed by atoms with van der Waals surface area (Å²) in [5, 5.41) is 3.39. The van der Waals surface area contributed by atoms with E-state index in [0.29, 0.717) is 0 Å². The van der Waals surface area contributed by atoms with Gasteiger partial charge in [-0.2, -0.15) is 0 Å². The number of anilines is 2. The normalized spacial score (nSPS) is 19.6. The van der Waals surface area contributed by atoms with Crippen molar-refractivity contribution in [1.29, 1.82) is 0 Å². The highest BCUT2D eigenvalue weighted by Gasteiger charge is 2.33. The van der Waals surface area contributed by atoms with Gasteiger partial charge < -0.3 is 10.2 Å². The van der Waals surface area contributed by atoms with Crippen molar-refractivity contribution in [3.63, 3.8) is 0 Å². The van der Waals surface area contributed by atoms with Gasteiger partial charge in [0.05, 0.1) is 5.92 Å². The second-order valence-corrected chi connectivity index (χ2v) is 5.72. The van der Waals surface area contributed by atoms with Gasteiger partial charge in [-0.15, -0.1) is 0 Å². The number of nitrogens with one attached hydrogen (secondary N) is 1. The first-order chi connectivity index (χ1) is 10.3. The molecular weight excluding hydrogens is 260 g/mol. The molecule has 0 aliphatic carbocycles. The van der Waals surface area contributed by atoms with Crippen molar-refractivity contribution in [3.8, 4) is 0 Å². The number of hydrogen-bond donors (Lipinski definition) is 1. The smallest absolute Gasteiger partial charge is 0.234 e. The highest BCUT2D eigenvalue weighted by atomic mass is 16.2. The van der Waals surface area contributed by atoms with Crippen LogP contribution in [0.1, 0.15) is 23.5 Å². The van der Waals surface area contributed by atoms with Crippen LogP contribution in [0.5, 0.6) is 0 Å². The van der Waals surface area contributed by atoms with Gasteiger partial charge in [-0.25, -0.2) is 0 Å². The van der Waals surface area contributed by atoms with Crippen LogP contribution in [0.4, 0.5) is 11.4 Å². The van der Waals surface area contributed by atoms with E-state index in [2.05, 4.69) is 29.6 Å². The number of rotatable bonds is 1. The Morgan fingerprint density at radius 3 is 2.86 bits per heavy atom. The molecule has 2 aromatic carbocycles. The van der Waals surface area contributed by atoms with E-state index in [1.807, 2.05) is 29.2 Å². The third kappa shape index (κ3) is 2.00. The quantitative estimate of drug-likeness (QED) is 0.869. The number of para-hydroxylation sites is 2. The van der Waals surface area contributed by atoms with Crippen molar-refractivity contribution in [1.82, 2.24) is 0 Å². The molecular formula is C18H18N2O. The molecule has 3 heteroatoms. The Labute approximate surface area is 124 Å². The summed E-state index contributed by atoms with van der Waals surface area (Å²) in [5.41, 5.74) is 4.62. The third-order valence-corrected chi connectivity index (χ3v) is 4.54. The molecule has 0 aromatic heterocycles.